The van der Waals surface area contributed by atoms with E-state index in [-0.39, 0.29) is 24.7 Å². The van der Waals surface area contributed by atoms with Crippen LogP contribution in [0.15, 0.2) is 30.5 Å². The van der Waals surface area contributed by atoms with Gasteiger partial charge in [0.2, 0.25) is 5.91 Å². The van der Waals surface area contributed by atoms with E-state index in [4.69, 9.17) is 0 Å². The van der Waals surface area contributed by atoms with Crippen molar-refractivity contribution in [2.75, 3.05) is 20.6 Å². The Morgan fingerprint density at radius 2 is 1.83 bits per heavy atom. The van der Waals surface area contributed by atoms with Gasteiger partial charge in [-0.2, -0.15) is 0 Å². The van der Waals surface area contributed by atoms with Crippen molar-refractivity contribution in [3.63, 3.8) is 0 Å². The van der Waals surface area contributed by atoms with Gasteiger partial charge in [0.15, 0.2) is 0 Å². The minimum absolute atomic E-state index is 0. The van der Waals surface area contributed by atoms with Crippen LogP contribution in [0.2, 0.25) is 0 Å². The number of aliphatic carboxylic acids is 1. The zero-order valence-electron chi connectivity index (χ0n) is 14.6. The van der Waals surface area contributed by atoms with Crippen molar-refractivity contribution in [1.29, 1.82) is 0 Å². The average Bonchev–Trinajstić information content (AvgIpc) is 2.83. The lowest BCUT2D eigenvalue weighted by atomic mass is 9.89. The summed E-state index contributed by atoms with van der Waals surface area (Å²) in [5, 5.41) is 10.3. The van der Waals surface area contributed by atoms with E-state index >= 15 is 0 Å². The summed E-state index contributed by atoms with van der Waals surface area (Å²) in [6.45, 7) is 4.04. The van der Waals surface area contributed by atoms with Crippen molar-refractivity contribution in [2.24, 2.45) is 5.41 Å². The van der Waals surface area contributed by atoms with Crippen molar-refractivity contribution in [1.82, 2.24) is 9.47 Å². The molecule has 0 unspecified atom stereocenters. The van der Waals surface area contributed by atoms with Gasteiger partial charge in [-0.05, 0) is 46.0 Å². The molecule has 2 aromatic rings. The predicted molar refractivity (Wildman–Crippen MR) is 98.1 cm³/mol. The lowest BCUT2D eigenvalue weighted by Gasteiger charge is -2.18. The molecule has 1 aromatic heterocycles. The van der Waals surface area contributed by atoms with Crippen molar-refractivity contribution >= 4 is 35.2 Å². The monoisotopic (exact) mass is 352 g/mol. The maximum atomic E-state index is 12.6. The van der Waals surface area contributed by atoms with Gasteiger partial charge in [-0.15, -0.1) is 12.4 Å². The molecule has 0 aliphatic heterocycles. The number of rotatable bonds is 6. The van der Waals surface area contributed by atoms with Crippen LogP contribution in [-0.4, -0.2) is 47.1 Å². The van der Waals surface area contributed by atoms with Gasteiger partial charge in [-0.25, -0.2) is 0 Å². The van der Waals surface area contributed by atoms with Gasteiger partial charge < -0.3 is 10.0 Å². The molecular formula is C18H25ClN2O3. The summed E-state index contributed by atoms with van der Waals surface area (Å²) in [5.74, 6) is -1.15. The van der Waals surface area contributed by atoms with Crippen LogP contribution < -0.4 is 0 Å². The smallest absolute Gasteiger partial charge is 0.309 e. The van der Waals surface area contributed by atoms with Crippen LogP contribution >= 0.6 is 12.4 Å². The SMILES string of the molecule is CN(C)CCc1cn(C(=O)CC(C)(C)C(=O)O)c2ccccc12.Cl. The largest absolute Gasteiger partial charge is 0.481 e. The van der Waals surface area contributed by atoms with Gasteiger partial charge in [-0.3, -0.25) is 14.2 Å². The minimum atomic E-state index is -1.08. The number of hydrogen-bond donors (Lipinski definition) is 1. The Labute approximate surface area is 148 Å². The van der Waals surface area contributed by atoms with Crippen molar-refractivity contribution in [3.05, 3.63) is 36.0 Å². The molecule has 5 nitrogen and oxygen atoms in total. The third kappa shape index (κ3) is 4.36. The Kier molecular flexibility index (Phi) is 6.58. The number of likely N-dealkylation sites (N-methyl/N-ethyl adjacent to an activating group) is 1. The van der Waals surface area contributed by atoms with Crippen molar-refractivity contribution in [2.45, 2.75) is 26.7 Å². The van der Waals surface area contributed by atoms with Crippen LogP contribution in [-0.2, 0) is 11.2 Å². The van der Waals surface area contributed by atoms with Gasteiger partial charge >= 0.3 is 5.97 Å². The van der Waals surface area contributed by atoms with E-state index in [1.807, 2.05) is 44.6 Å². The molecule has 0 saturated heterocycles. The summed E-state index contributed by atoms with van der Waals surface area (Å²) in [4.78, 5) is 26.0. The number of fused-ring (bicyclic) bond motifs is 1. The van der Waals surface area contributed by atoms with Crippen LogP contribution in [0.4, 0.5) is 0 Å². The first kappa shape index (κ1) is 20.2. The van der Waals surface area contributed by atoms with E-state index in [1.54, 1.807) is 18.4 Å². The van der Waals surface area contributed by atoms with Crippen LogP contribution in [0.3, 0.4) is 0 Å². The number of benzene rings is 1. The summed E-state index contributed by atoms with van der Waals surface area (Å²) in [6.07, 6.45) is 2.67. The fourth-order valence-electron chi connectivity index (χ4n) is 2.54. The number of carboxylic acid groups (broad SMARTS) is 1. The molecule has 6 heteroatoms. The second-order valence-electron chi connectivity index (χ2n) is 6.85. The van der Waals surface area contributed by atoms with Crippen molar-refractivity contribution in [3.8, 4) is 0 Å². The molecule has 1 N–H and O–H groups in total. The first-order valence-electron chi connectivity index (χ1n) is 7.72. The zero-order valence-corrected chi connectivity index (χ0v) is 15.4. The Bertz CT molecular complexity index is 735. The summed E-state index contributed by atoms with van der Waals surface area (Å²) >= 11 is 0. The summed E-state index contributed by atoms with van der Waals surface area (Å²) in [5.41, 5.74) is 0.870. The third-order valence-corrected chi connectivity index (χ3v) is 4.06. The Morgan fingerprint density at radius 3 is 2.42 bits per heavy atom. The first-order valence-corrected chi connectivity index (χ1v) is 7.72. The average molecular weight is 353 g/mol. The summed E-state index contributed by atoms with van der Waals surface area (Å²) in [6, 6.07) is 7.76. The van der Waals surface area contributed by atoms with E-state index < -0.39 is 11.4 Å². The van der Waals surface area contributed by atoms with Gasteiger partial charge in [0.1, 0.15) is 0 Å². The van der Waals surface area contributed by atoms with E-state index in [9.17, 15) is 14.7 Å². The number of aromatic nitrogens is 1. The molecule has 0 radical (unpaired) electrons. The number of para-hydroxylation sites is 1. The van der Waals surface area contributed by atoms with Gasteiger partial charge in [-0.1, -0.05) is 18.2 Å². The molecule has 24 heavy (non-hydrogen) atoms. The molecule has 2 rings (SSSR count). The maximum absolute atomic E-state index is 12.6. The predicted octanol–water partition coefficient (Wildman–Crippen LogP) is 3.31. The van der Waals surface area contributed by atoms with E-state index in [1.165, 1.54) is 0 Å². The third-order valence-electron chi connectivity index (χ3n) is 4.06. The standard InChI is InChI=1S/C18H24N2O3.ClH/c1-18(2,17(22)23)11-16(21)20-12-13(9-10-19(3)4)14-7-5-6-8-15(14)20;/h5-8,12H,9-11H2,1-4H3,(H,22,23);1H. The quantitative estimate of drug-likeness (QED) is 0.866. The fourth-order valence-corrected chi connectivity index (χ4v) is 2.54. The molecule has 0 spiro atoms. The summed E-state index contributed by atoms with van der Waals surface area (Å²) in [7, 11) is 4.03. The molecule has 1 aromatic carbocycles. The molecule has 0 aliphatic rings. The number of halogens is 1. The molecular weight excluding hydrogens is 328 g/mol. The summed E-state index contributed by atoms with van der Waals surface area (Å²) < 4.78 is 1.60. The van der Waals surface area contributed by atoms with Crippen molar-refractivity contribution < 1.29 is 14.7 Å². The van der Waals surface area contributed by atoms with Crippen LogP contribution in [0.1, 0.15) is 30.6 Å². The van der Waals surface area contributed by atoms with Gasteiger partial charge in [0, 0.05) is 24.5 Å². The molecule has 0 bridgehead atoms. The second kappa shape index (κ2) is 7.81. The van der Waals surface area contributed by atoms with Gasteiger partial charge in [0.05, 0.1) is 10.9 Å². The maximum Gasteiger partial charge on any atom is 0.309 e. The fraction of sp³-hybridized carbons (Fsp3) is 0.444. The lowest BCUT2D eigenvalue weighted by Crippen LogP contribution is -2.28. The molecule has 0 saturated carbocycles. The van der Waals surface area contributed by atoms with Crippen LogP contribution in [0, 0.1) is 5.41 Å². The minimum Gasteiger partial charge on any atom is -0.481 e. The highest BCUT2D eigenvalue weighted by Crippen LogP contribution is 2.26. The number of carboxylic acids is 1. The topological polar surface area (TPSA) is 62.5 Å². The van der Waals surface area contributed by atoms with E-state index in [2.05, 4.69) is 4.90 Å². The molecule has 0 amide bonds. The number of hydrogen-bond acceptors (Lipinski definition) is 3. The zero-order chi connectivity index (χ0) is 17.2. The number of nitrogens with zero attached hydrogens (tertiary/aromatic N) is 2. The second-order valence-corrected chi connectivity index (χ2v) is 6.85. The van der Waals surface area contributed by atoms with E-state index in [0.29, 0.717) is 0 Å². The molecule has 132 valence electrons. The highest BCUT2D eigenvalue weighted by Gasteiger charge is 2.31. The first-order chi connectivity index (χ1) is 10.7. The van der Waals surface area contributed by atoms with Crippen LogP contribution in [0.5, 0.6) is 0 Å². The Morgan fingerprint density at radius 1 is 1.21 bits per heavy atom. The lowest BCUT2D eigenvalue weighted by molar-refractivity contribution is -0.146. The molecule has 1 heterocycles. The van der Waals surface area contributed by atoms with E-state index in [0.717, 1.165) is 29.4 Å². The Hall–Kier alpha value is -1.85. The highest BCUT2D eigenvalue weighted by atomic mass is 35.5. The van der Waals surface area contributed by atoms with Gasteiger partial charge in [0.25, 0.3) is 0 Å². The highest BCUT2D eigenvalue weighted by molar-refractivity contribution is 5.96. The van der Waals surface area contributed by atoms with Crippen LogP contribution in [0.25, 0.3) is 10.9 Å². The Balaban J connectivity index is 0.00000288. The molecule has 0 aliphatic carbocycles. The number of carbonyl (C=O) groups excluding carboxylic acids is 1. The normalized spacial score (nSPS) is 11.5. The number of carbonyl (C=O) groups is 2. The molecule has 0 fully saturated rings. The molecule has 0 atom stereocenters.